The second-order valence-corrected chi connectivity index (χ2v) is 8.67. The Kier molecular flexibility index (Phi) is 5.44. The van der Waals surface area contributed by atoms with E-state index in [4.69, 9.17) is 9.72 Å². The Bertz CT molecular complexity index is 1430. The standard InChI is InChI=1S/C25H24FN3O5/c1-3-21(32)34-11-13-4-7-19-24-15(9-29(19)25(13)33)23-17(27-20(31)10-30)6-5-14-12(2)16(26)8-18(28-24)22(14)23/h4,7-8,17,30H,3,5-6,9-11H2,1-2H3,(H,27,31)/t17-/m0/s1. The predicted molar refractivity (Wildman–Crippen MR) is 122 cm³/mol. The number of ether oxygens (including phenoxy) is 1. The highest BCUT2D eigenvalue weighted by atomic mass is 19.1. The summed E-state index contributed by atoms with van der Waals surface area (Å²) in [5, 5.41) is 13.0. The number of pyridine rings is 2. The number of amides is 1. The summed E-state index contributed by atoms with van der Waals surface area (Å²) in [6, 6.07) is 4.37. The molecule has 0 unspecified atom stereocenters. The van der Waals surface area contributed by atoms with Crippen molar-refractivity contribution in [1.29, 1.82) is 0 Å². The van der Waals surface area contributed by atoms with E-state index in [-0.39, 0.29) is 30.9 Å². The van der Waals surface area contributed by atoms with Gasteiger partial charge in [0.15, 0.2) is 0 Å². The first-order chi connectivity index (χ1) is 16.3. The molecule has 34 heavy (non-hydrogen) atoms. The first-order valence-electron chi connectivity index (χ1n) is 11.3. The molecule has 0 bridgehead atoms. The maximum Gasteiger partial charge on any atom is 0.305 e. The van der Waals surface area contributed by atoms with Gasteiger partial charge in [0.2, 0.25) is 5.91 Å². The summed E-state index contributed by atoms with van der Waals surface area (Å²) in [6.07, 6.45) is 1.32. The Morgan fingerprint density at radius 2 is 2.12 bits per heavy atom. The van der Waals surface area contributed by atoms with Crippen LogP contribution >= 0.6 is 0 Å². The third-order valence-electron chi connectivity index (χ3n) is 6.74. The smallest absolute Gasteiger partial charge is 0.305 e. The normalized spacial score (nSPS) is 15.7. The molecule has 1 aromatic carbocycles. The molecule has 2 N–H and O–H groups in total. The maximum absolute atomic E-state index is 14.7. The van der Waals surface area contributed by atoms with E-state index >= 15 is 0 Å². The molecule has 8 nitrogen and oxygen atoms in total. The Morgan fingerprint density at radius 1 is 1.32 bits per heavy atom. The molecule has 1 atom stereocenters. The predicted octanol–water partition coefficient (Wildman–Crippen LogP) is 2.42. The average molecular weight is 465 g/mol. The van der Waals surface area contributed by atoms with Crippen molar-refractivity contribution in [2.75, 3.05) is 6.61 Å². The quantitative estimate of drug-likeness (QED) is 0.438. The first-order valence-corrected chi connectivity index (χ1v) is 11.3. The zero-order valence-electron chi connectivity index (χ0n) is 18.9. The van der Waals surface area contributed by atoms with Crippen LogP contribution in [0.1, 0.15) is 53.6 Å². The average Bonchev–Trinajstić information content (AvgIpc) is 3.21. The fourth-order valence-corrected chi connectivity index (χ4v) is 5.04. The molecule has 0 fully saturated rings. The van der Waals surface area contributed by atoms with Crippen LogP contribution in [0.15, 0.2) is 23.0 Å². The van der Waals surface area contributed by atoms with E-state index in [9.17, 15) is 23.9 Å². The number of nitrogens with zero attached hydrogens (tertiary/aromatic N) is 2. The number of benzene rings is 1. The summed E-state index contributed by atoms with van der Waals surface area (Å²) in [5.41, 5.74) is 4.70. The fraction of sp³-hybridized carbons (Fsp3) is 0.360. The topological polar surface area (TPSA) is 111 Å². The van der Waals surface area contributed by atoms with Crippen molar-refractivity contribution < 1.29 is 23.8 Å². The number of carbonyl (C=O) groups excluding carboxylic acids is 2. The van der Waals surface area contributed by atoms with Crippen LogP contribution in [0.4, 0.5) is 4.39 Å². The van der Waals surface area contributed by atoms with E-state index in [1.807, 2.05) is 0 Å². The minimum atomic E-state index is -0.637. The van der Waals surface area contributed by atoms with Crippen molar-refractivity contribution >= 4 is 22.8 Å². The molecule has 3 heterocycles. The van der Waals surface area contributed by atoms with Crippen molar-refractivity contribution in [3.05, 3.63) is 62.2 Å². The van der Waals surface area contributed by atoms with Crippen LogP contribution in [0.2, 0.25) is 0 Å². The highest BCUT2D eigenvalue weighted by Gasteiger charge is 2.34. The number of carbonyl (C=O) groups is 2. The summed E-state index contributed by atoms with van der Waals surface area (Å²) >= 11 is 0. The second-order valence-electron chi connectivity index (χ2n) is 8.67. The monoisotopic (exact) mass is 465 g/mol. The molecule has 0 spiro atoms. The van der Waals surface area contributed by atoms with Crippen LogP contribution in [0.25, 0.3) is 22.3 Å². The minimum absolute atomic E-state index is 0.117. The van der Waals surface area contributed by atoms with E-state index < -0.39 is 24.5 Å². The van der Waals surface area contributed by atoms with Gasteiger partial charge >= 0.3 is 5.97 Å². The van der Waals surface area contributed by atoms with Gasteiger partial charge in [-0.05, 0) is 48.6 Å². The lowest BCUT2D eigenvalue weighted by Gasteiger charge is -2.29. The lowest BCUT2D eigenvalue weighted by Crippen LogP contribution is -2.33. The van der Waals surface area contributed by atoms with E-state index in [0.717, 1.165) is 22.1 Å². The Hall–Kier alpha value is -3.59. The van der Waals surface area contributed by atoms with Gasteiger partial charge in [-0.25, -0.2) is 9.37 Å². The molecule has 1 amide bonds. The number of esters is 1. The van der Waals surface area contributed by atoms with Gasteiger partial charge < -0.3 is 19.7 Å². The molecule has 2 aliphatic rings. The van der Waals surface area contributed by atoms with Gasteiger partial charge in [-0.15, -0.1) is 0 Å². The number of aryl methyl sites for hydroxylation is 1. The highest BCUT2D eigenvalue weighted by molar-refractivity contribution is 5.93. The molecule has 1 aliphatic carbocycles. The SMILES string of the molecule is CCC(=O)OCc1ccc2n(c1=O)Cc1c-2nc2cc(F)c(C)c3c2c1[C@@H](NC(=O)CO)CC3. The molecular weight excluding hydrogens is 441 g/mol. The summed E-state index contributed by atoms with van der Waals surface area (Å²) in [5.74, 6) is -1.24. The fourth-order valence-electron chi connectivity index (χ4n) is 5.04. The van der Waals surface area contributed by atoms with Crippen molar-refractivity contribution in [3.8, 4) is 11.4 Å². The zero-order chi connectivity index (χ0) is 24.1. The van der Waals surface area contributed by atoms with Gasteiger partial charge in [-0.2, -0.15) is 0 Å². The van der Waals surface area contributed by atoms with Crippen LogP contribution in [0, 0.1) is 12.7 Å². The molecule has 2 aromatic heterocycles. The summed E-state index contributed by atoms with van der Waals surface area (Å²) < 4.78 is 21.4. The largest absolute Gasteiger partial charge is 0.461 e. The minimum Gasteiger partial charge on any atom is -0.461 e. The molecule has 0 saturated heterocycles. The van der Waals surface area contributed by atoms with Gasteiger partial charge in [-0.3, -0.25) is 14.4 Å². The van der Waals surface area contributed by atoms with Crippen molar-refractivity contribution in [1.82, 2.24) is 14.9 Å². The lowest BCUT2D eigenvalue weighted by molar-refractivity contribution is -0.144. The number of nitrogens with one attached hydrogen (secondary N) is 1. The molecule has 0 saturated carbocycles. The molecule has 176 valence electrons. The van der Waals surface area contributed by atoms with E-state index in [1.54, 1.807) is 30.5 Å². The second kappa shape index (κ2) is 8.32. The van der Waals surface area contributed by atoms with Gasteiger partial charge in [0, 0.05) is 23.4 Å². The molecule has 9 heteroatoms. The number of aliphatic hydroxyl groups is 1. The number of hydrogen-bond acceptors (Lipinski definition) is 6. The number of rotatable bonds is 5. The molecule has 0 radical (unpaired) electrons. The molecule has 1 aliphatic heterocycles. The number of aliphatic hydroxyl groups excluding tert-OH is 1. The van der Waals surface area contributed by atoms with E-state index in [0.29, 0.717) is 40.9 Å². The highest BCUT2D eigenvalue weighted by Crippen LogP contribution is 2.44. The third-order valence-corrected chi connectivity index (χ3v) is 6.74. The lowest BCUT2D eigenvalue weighted by atomic mass is 9.81. The third kappa shape index (κ3) is 3.38. The number of aromatic nitrogens is 2. The van der Waals surface area contributed by atoms with Crippen LogP contribution in [0.3, 0.4) is 0 Å². The van der Waals surface area contributed by atoms with Gasteiger partial charge in [0.25, 0.3) is 5.56 Å². The Balaban J connectivity index is 1.69. The van der Waals surface area contributed by atoms with E-state index in [2.05, 4.69) is 5.32 Å². The van der Waals surface area contributed by atoms with Crippen molar-refractivity contribution in [2.24, 2.45) is 0 Å². The van der Waals surface area contributed by atoms with Crippen LogP contribution in [-0.2, 0) is 33.9 Å². The van der Waals surface area contributed by atoms with Crippen LogP contribution in [0.5, 0.6) is 0 Å². The zero-order valence-corrected chi connectivity index (χ0v) is 18.9. The Labute approximate surface area is 194 Å². The maximum atomic E-state index is 14.7. The number of hydrogen-bond donors (Lipinski definition) is 2. The van der Waals surface area contributed by atoms with Crippen LogP contribution < -0.4 is 10.9 Å². The molecule has 5 rings (SSSR count). The van der Waals surface area contributed by atoms with Crippen molar-refractivity contribution in [3.63, 3.8) is 0 Å². The van der Waals surface area contributed by atoms with Gasteiger partial charge in [0.05, 0.1) is 35.1 Å². The van der Waals surface area contributed by atoms with E-state index in [1.165, 1.54) is 6.07 Å². The Morgan fingerprint density at radius 3 is 2.85 bits per heavy atom. The van der Waals surface area contributed by atoms with Gasteiger partial charge in [0.1, 0.15) is 19.0 Å². The summed E-state index contributed by atoms with van der Waals surface area (Å²) in [7, 11) is 0. The molecular formula is C25H24FN3O5. The van der Waals surface area contributed by atoms with Crippen molar-refractivity contribution in [2.45, 2.75) is 52.3 Å². The number of halogens is 1. The van der Waals surface area contributed by atoms with Gasteiger partial charge in [-0.1, -0.05) is 6.92 Å². The summed E-state index contributed by atoms with van der Waals surface area (Å²) in [4.78, 5) is 41.6. The van der Waals surface area contributed by atoms with Crippen LogP contribution in [-0.4, -0.2) is 33.1 Å². The first kappa shape index (κ1) is 22.2. The molecule has 3 aromatic rings. The summed E-state index contributed by atoms with van der Waals surface area (Å²) in [6.45, 7) is 2.90. The number of fused-ring (bicyclic) bond motifs is 4.